The molecule has 2 rings (SSSR count). The van der Waals surface area contributed by atoms with Crippen LogP contribution in [0.25, 0.3) is 0 Å². The molecule has 1 atom stereocenters. The van der Waals surface area contributed by atoms with E-state index in [1.807, 2.05) is 6.92 Å². The molecule has 1 fully saturated rings. The zero-order valence-electron chi connectivity index (χ0n) is 9.04. The van der Waals surface area contributed by atoms with E-state index in [-0.39, 0.29) is 0 Å². The summed E-state index contributed by atoms with van der Waals surface area (Å²) in [4.78, 5) is 4.15. The van der Waals surface area contributed by atoms with Crippen LogP contribution in [0, 0.1) is 12.8 Å². The van der Waals surface area contributed by atoms with Crippen molar-refractivity contribution in [1.82, 2.24) is 4.98 Å². The Hall–Kier alpha value is -0.760. The number of anilines is 1. The normalized spacial score (nSPS) is 17.7. The Morgan fingerprint density at radius 1 is 1.60 bits per heavy atom. The van der Waals surface area contributed by atoms with E-state index in [9.17, 15) is 0 Å². The first-order valence-corrected chi connectivity index (χ1v) is 5.95. The van der Waals surface area contributed by atoms with Crippen LogP contribution in [0.5, 0.6) is 0 Å². The van der Waals surface area contributed by atoms with Crippen LogP contribution < -0.4 is 5.73 Å². The molecular weight excluding hydrogens is 208 g/mol. The molecule has 15 heavy (non-hydrogen) atoms. The summed E-state index contributed by atoms with van der Waals surface area (Å²) in [7, 11) is 0. The van der Waals surface area contributed by atoms with Gasteiger partial charge in [-0.3, -0.25) is 0 Å². The highest BCUT2D eigenvalue weighted by Gasteiger charge is 2.29. The van der Waals surface area contributed by atoms with Crippen molar-refractivity contribution in [3.63, 3.8) is 0 Å². The number of halogens is 1. The fourth-order valence-electron chi connectivity index (χ4n) is 1.83. The highest BCUT2D eigenvalue weighted by Crippen LogP contribution is 2.37. The van der Waals surface area contributed by atoms with E-state index < -0.39 is 0 Å². The molecule has 0 saturated heterocycles. The van der Waals surface area contributed by atoms with Gasteiger partial charge in [-0.2, -0.15) is 0 Å². The van der Waals surface area contributed by atoms with Gasteiger partial charge in [0.05, 0.1) is 0 Å². The number of nitrogens with two attached hydrogens (primary N) is 1. The number of nitrogen functional groups attached to an aromatic ring is 1. The van der Waals surface area contributed by atoms with E-state index in [4.69, 9.17) is 17.3 Å². The minimum Gasteiger partial charge on any atom is -0.383 e. The van der Waals surface area contributed by atoms with Crippen molar-refractivity contribution in [3.8, 4) is 0 Å². The minimum absolute atomic E-state index is 0.324. The first kappa shape index (κ1) is 10.7. The summed E-state index contributed by atoms with van der Waals surface area (Å²) < 4.78 is 0. The Morgan fingerprint density at radius 2 is 2.33 bits per heavy atom. The first-order valence-electron chi connectivity index (χ1n) is 5.52. The molecule has 82 valence electrons. The molecule has 1 saturated carbocycles. The second-order valence-corrected chi connectivity index (χ2v) is 5.01. The van der Waals surface area contributed by atoms with Gasteiger partial charge in [0.1, 0.15) is 5.82 Å². The molecule has 0 aliphatic heterocycles. The molecular formula is C12H17ClN2. The smallest absolute Gasteiger partial charge is 0.126 e. The number of alkyl halides is 1. The van der Waals surface area contributed by atoms with Crippen LogP contribution in [0.15, 0.2) is 12.3 Å². The number of aryl methyl sites for hydroxylation is 2. The van der Waals surface area contributed by atoms with Crippen molar-refractivity contribution in [2.75, 3.05) is 5.73 Å². The van der Waals surface area contributed by atoms with Crippen molar-refractivity contribution in [2.45, 2.75) is 38.0 Å². The van der Waals surface area contributed by atoms with Gasteiger partial charge in [-0.25, -0.2) is 4.98 Å². The second-order valence-electron chi connectivity index (χ2n) is 4.45. The molecule has 2 N–H and O–H groups in total. The quantitative estimate of drug-likeness (QED) is 0.799. The van der Waals surface area contributed by atoms with Gasteiger partial charge in [0.15, 0.2) is 0 Å². The Bertz CT molecular complexity index is 347. The van der Waals surface area contributed by atoms with Gasteiger partial charge >= 0.3 is 0 Å². The number of aromatic nitrogens is 1. The van der Waals surface area contributed by atoms with Gasteiger partial charge < -0.3 is 5.73 Å². The molecule has 1 aromatic rings. The topological polar surface area (TPSA) is 38.9 Å². The number of nitrogens with zero attached hydrogens (tertiary/aromatic N) is 1. The maximum Gasteiger partial charge on any atom is 0.126 e. The van der Waals surface area contributed by atoms with Crippen molar-refractivity contribution in [3.05, 3.63) is 23.4 Å². The minimum atomic E-state index is 0.324. The van der Waals surface area contributed by atoms with Crippen LogP contribution in [0.1, 0.15) is 30.4 Å². The molecule has 0 bridgehead atoms. The van der Waals surface area contributed by atoms with E-state index >= 15 is 0 Å². The molecule has 1 unspecified atom stereocenters. The van der Waals surface area contributed by atoms with Crippen LogP contribution >= 0.6 is 11.6 Å². The number of hydrogen-bond acceptors (Lipinski definition) is 2. The predicted molar refractivity (Wildman–Crippen MR) is 64.1 cm³/mol. The highest BCUT2D eigenvalue weighted by molar-refractivity contribution is 6.20. The SMILES string of the molecule is Cc1cnc(N)c(CCC(Cl)C2CC2)c1. The summed E-state index contributed by atoms with van der Waals surface area (Å²) >= 11 is 6.26. The molecule has 2 nitrogen and oxygen atoms in total. The van der Waals surface area contributed by atoms with Crippen molar-refractivity contribution in [1.29, 1.82) is 0 Å². The van der Waals surface area contributed by atoms with Crippen molar-refractivity contribution < 1.29 is 0 Å². The summed E-state index contributed by atoms with van der Waals surface area (Å²) in [6, 6.07) is 2.11. The molecule has 0 amide bonds. The van der Waals surface area contributed by atoms with Crippen LogP contribution in [-0.4, -0.2) is 10.4 Å². The Labute approximate surface area is 95.8 Å². The van der Waals surface area contributed by atoms with E-state index in [2.05, 4.69) is 11.1 Å². The Morgan fingerprint density at radius 3 is 3.00 bits per heavy atom. The molecule has 1 aliphatic carbocycles. The Kier molecular flexibility index (Phi) is 3.15. The summed E-state index contributed by atoms with van der Waals surface area (Å²) in [5.74, 6) is 1.41. The van der Waals surface area contributed by atoms with Gasteiger partial charge in [-0.15, -0.1) is 11.6 Å². The van der Waals surface area contributed by atoms with E-state index in [1.54, 1.807) is 6.20 Å². The molecule has 1 aliphatic rings. The third-order valence-corrected chi connectivity index (χ3v) is 3.54. The van der Waals surface area contributed by atoms with Gasteiger partial charge in [-0.1, -0.05) is 6.07 Å². The lowest BCUT2D eigenvalue weighted by Crippen LogP contribution is -2.05. The Balaban J connectivity index is 1.94. The monoisotopic (exact) mass is 224 g/mol. The third-order valence-electron chi connectivity index (χ3n) is 2.96. The predicted octanol–water partition coefficient (Wildman–Crippen LogP) is 2.92. The summed E-state index contributed by atoms with van der Waals surface area (Å²) in [6.45, 7) is 2.04. The van der Waals surface area contributed by atoms with Gasteiger partial charge in [0.25, 0.3) is 0 Å². The molecule has 1 aromatic heterocycles. The fourth-order valence-corrected chi connectivity index (χ4v) is 2.19. The number of rotatable bonds is 4. The van der Waals surface area contributed by atoms with E-state index in [0.29, 0.717) is 11.2 Å². The average molecular weight is 225 g/mol. The summed E-state index contributed by atoms with van der Waals surface area (Å²) in [5, 5.41) is 0.324. The first-order chi connectivity index (χ1) is 7.16. The summed E-state index contributed by atoms with van der Waals surface area (Å²) in [5.41, 5.74) is 8.12. The second kappa shape index (κ2) is 4.40. The van der Waals surface area contributed by atoms with Gasteiger partial charge in [0.2, 0.25) is 0 Å². The number of hydrogen-bond donors (Lipinski definition) is 1. The lowest BCUT2D eigenvalue weighted by molar-refractivity contribution is 0.676. The van der Waals surface area contributed by atoms with Gasteiger partial charge in [0, 0.05) is 11.6 Å². The number of pyridine rings is 1. The largest absolute Gasteiger partial charge is 0.383 e. The lowest BCUT2D eigenvalue weighted by atomic mass is 10.1. The van der Waals surface area contributed by atoms with E-state index in [1.165, 1.54) is 12.8 Å². The van der Waals surface area contributed by atoms with Crippen LogP contribution in [-0.2, 0) is 6.42 Å². The highest BCUT2D eigenvalue weighted by atomic mass is 35.5. The lowest BCUT2D eigenvalue weighted by Gasteiger charge is -2.09. The molecule has 0 spiro atoms. The molecule has 1 heterocycles. The van der Waals surface area contributed by atoms with Crippen LogP contribution in [0.3, 0.4) is 0 Å². The fraction of sp³-hybridized carbons (Fsp3) is 0.583. The molecule has 0 aromatic carbocycles. The summed E-state index contributed by atoms with van der Waals surface area (Å²) in [6.07, 6.45) is 6.37. The van der Waals surface area contributed by atoms with Crippen molar-refractivity contribution in [2.24, 2.45) is 5.92 Å². The van der Waals surface area contributed by atoms with Gasteiger partial charge in [-0.05, 0) is 49.7 Å². The van der Waals surface area contributed by atoms with Crippen LogP contribution in [0.2, 0.25) is 0 Å². The van der Waals surface area contributed by atoms with Crippen LogP contribution in [0.4, 0.5) is 5.82 Å². The maximum absolute atomic E-state index is 6.26. The van der Waals surface area contributed by atoms with E-state index in [0.717, 1.165) is 29.9 Å². The zero-order chi connectivity index (χ0) is 10.8. The van der Waals surface area contributed by atoms with Crippen molar-refractivity contribution >= 4 is 17.4 Å². The average Bonchev–Trinajstić information content (AvgIpc) is 3.02. The zero-order valence-corrected chi connectivity index (χ0v) is 9.80. The molecule has 0 radical (unpaired) electrons. The third kappa shape index (κ3) is 2.85. The molecule has 3 heteroatoms. The standard InChI is InChI=1S/C12H17ClN2/c1-8-6-10(12(14)15-7-8)4-5-11(13)9-2-3-9/h6-7,9,11H,2-5H2,1H3,(H2,14,15). The maximum atomic E-state index is 6.26.